The maximum atomic E-state index is 5.57. The van der Waals surface area contributed by atoms with Crippen molar-refractivity contribution in [3.63, 3.8) is 0 Å². The summed E-state index contributed by atoms with van der Waals surface area (Å²) in [6.45, 7) is 0. The molecule has 2 aromatic rings. The second-order valence-electron chi connectivity index (χ2n) is 5.95. The van der Waals surface area contributed by atoms with Crippen LogP contribution in [0.1, 0.15) is 37.7 Å². The second kappa shape index (κ2) is 6.93. The van der Waals surface area contributed by atoms with Gasteiger partial charge in [0.25, 0.3) is 0 Å². The van der Waals surface area contributed by atoms with E-state index < -0.39 is 0 Å². The van der Waals surface area contributed by atoms with Crippen LogP contribution in [-0.2, 0) is 5.54 Å². The molecule has 114 valence electrons. The summed E-state index contributed by atoms with van der Waals surface area (Å²) in [6.07, 6.45) is 6.07. The van der Waals surface area contributed by atoms with Crippen LogP contribution in [0, 0.1) is 0 Å². The van der Waals surface area contributed by atoms with Gasteiger partial charge < -0.3 is 10.6 Å². The number of rotatable bonds is 3. The summed E-state index contributed by atoms with van der Waals surface area (Å²) in [4.78, 5) is 0. The minimum Gasteiger partial charge on any atom is -0.353 e. The van der Waals surface area contributed by atoms with Crippen LogP contribution in [0.5, 0.6) is 0 Å². The van der Waals surface area contributed by atoms with E-state index in [1.165, 1.54) is 24.8 Å². The summed E-state index contributed by atoms with van der Waals surface area (Å²) >= 11 is 5.57. The van der Waals surface area contributed by atoms with Crippen molar-refractivity contribution in [1.82, 2.24) is 5.32 Å². The Balaban J connectivity index is 1.77. The van der Waals surface area contributed by atoms with Gasteiger partial charge in [0.1, 0.15) is 0 Å². The molecule has 0 radical (unpaired) electrons. The molecule has 0 unspecified atom stereocenters. The van der Waals surface area contributed by atoms with Crippen LogP contribution >= 0.6 is 12.2 Å². The largest absolute Gasteiger partial charge is 0.353 e. The molecule has 2 aromatic carbocycles. The lowest BCUT2D eigenvalue weighted by Gasteiger charge is -2.39. The highest BCUT2D eigenvalue weighted by Crippen LogP contribution is 2.37. The summed E-state index contributed by atoms with van der Waals surface area (Å²) in [7, 11) is 0. The third-order valence-corrected chi connectivity index (χ3v) is 4.62. The van der Waals surface area contributed by atoms with Crippen molar-refractivity contribution in [2.75, 3.05) is 5.32 Å². The van der Waals surface area contributed by atoms with Crippen LogP contribution in [0.15, 0.2) is 60.7 Å². The number of nitrogens with one attached hydrogen (secondary N) is 2. The molecule has 2 N–H and O–H groups in total. The van der Waals surface area contributed by atoms with E-state index in [4.69, 9.17) is 12.2 Å². The Morgan fingerprint density at radius 3 is 2.05 bits per heavy atom. The molecule has 0 aromatic heterocycles. The van der Waals surface area contributed by atoms with Crippen molar-refractivity contribution in [3.8, 4) is 0 Å². The van der Waals surface area contributed by atoms with Gasteiger partial charge in [-0.2, -0.15) is 0 Å². The molecule has 0 bridgehead atoms. The van der Waals surface area contributed by atoms with Gasteiger partial charge in [-0.3, -0.25) is 0 Å². The predicted molar refractivity (Wildman–Crippen MR) is 97.0 cm³/mol. The Hall–Kier alpha value is -1.87. The lowest BCUT2D eigenvalue weighted by atomic mass is 9.76. The predicted octanol–water partition coefficient (Wildman–Crippen LogP) is 4.83. The van der Waals surface area contributed by atoms with Gasteiger partial charge in [-0.05, 0) is 42.8 Å². The summed E-state index contributed by atoms with van der Waals surface area (Å²) in [5.41, 5.74) is 2.34. The van der Waals surface area contributed by atoms with E-state index in [9.17, 15) is 0 Å². The molecular weight excluding hydrogens is 288 g/mol. The Bertz CT molecular complexity index is 604. The van der Waals surface area contributed by atoms with Crippen molar-refractivity contribution in [3.05, 3.63) is 66.2 Å². The van der Waals surface area contributed by atoms with Gasteiger partial charge in [0.2, 0.25) is 0 Å². The molecule has 0 aliphatic heterocycles. The minimum absolute atomic E-state index is 0.0294. The standard InChI is InChI=1S/C19H22N2S/c22-18(20-17-12-6-2-7-13-17)21-19(14-8-3-9-15-19)16-10-4-1-5-11-16/h1-2,4-7,10-13H,3,8-9,14-15H2,(H2,20,21,22). The maximum Gasteiger partial charge on any atom is 0.171 e. The van der Waals surface area contributed by atoms with Gasteiger partial charge >= 0.3 is 0 Å². The first kappa shape index (κ1) is 15.0. The number of thiocarbonyl (C=S) groups is 1. The van der Waals surface area contributed by atoms with Gasteiger partial charge in [-0.25, -0.2) is 0 Å². The lowest BCUT2D eigenvalue weighted by Crippen LogP contribution is -2.48. The molecule has 3 heteroatoms. The van der Waals surface area contributed by atoms with E-state index in [1.807, 2.05) is 30.3 Å². The van der Waals surface area contributed by atoms with Crippen LogP contribution < -0.4 is 10.6 Å². The normalized spacial score (nSPS) is 16.7. The molecule has 0 heterocycles. The van der Waals surface area contributed by atoms with E-state index in [0.717, 1.165) is 18.5 Å². The quantitative estimate of drug-likeness (QED) is 0.794. The van der Waals surface area contributed by atoms with Crippen molar-refractivity contribution < 1.29 is 0 Å². The highest BCUT2D eigenvalue weighted by atomic mass is 32.1. The van der Waals surface area contributed by atoms with Gasteiger partial charge in [-0.1, -0.05) is 67.8 Å². The molecular formula is C19H22N2S. The molecule has 0 spiro atoms. The van der Waals surface area contributed by atoms with Gasteiger partial charge in [0, 0.05) is 5.69 Å². The van der Waals surface area contributed by atoms with Gasteiger partial charge in [0.15, 0.2) is 5.11 Å². The zero-order valence-corrected chi connectivity index (χ0v) is 13.5. The highest BCUT2D eigenvalue weighted by Gasteiger charge is 2.34. The third kappa shape index (κ3) is 3.47. The number of hydrogen-bond acceptors (Lipinski definition) is 1. The molecule has 2 nitrogen and oxygen atoms in total. The van der Waals surface area contributed by atoms with E-state index in [-0.39, 0.29) is 5.54 Å². The van der Waals surface area contributed by atoms with Crippen molar-refractivity contribution >= 4 is 23.0 Å². The highest BCUT2D eigenvalue weighted by molar-refractivity contribution is 7.80. The fourth-order valence-electron chi connectivity index (χ4n) is 3.30. The van der Waals surface area contributed by atoms with Crippen molar-refractivity contribution in [2.24, 2.45) is 0 Å². The molecule has 3 rings (SSSR count). The van der Waals surface area contributed by atoms with Crippen LogP contribution in [-0.4, -0.2) is 5.11 Å². The average molecular weight is 310 g/mol. The Morgan fingerprint density at radius 2 is 1.41 bits per heavy atom. The monoisotopic (exact) mass is 310 g/mol. The molecule has 0 atom stereocenters. The van der Waals surface area contributed by atoms with E-state index in [2.05, 4.69) is 41.0 Å². The van der Waals surface area contributed by atoms with Crippen LogP contribution in [0.25, 0.3) is 0 Å². The summed E-state index contributed by atoms with van der Waals surface area (Å²) in [5, 5.41) is 7.63. The Kier molecular flexibility index (Phi) is 4.74. The van der Waals surface area contributed by atoms with Crippen LogP contribution in [0.4, 0.5) is 5.69 Å². The second-order valence-corrected chi connectivity index (χ2v) is 6.36. The van der Waals surface area contributed by atoms with Gasteiger partial charge in [-0.15, -0.1) is 0 Å². The van der Waals surface area contributed by atoms with Crippen LogP contribution in [0.3, 0.4) is 0 Å². The molecule has 1 aliphatic rings. The number of para-hydroxylation sites is 1. The Labute approximate surface area is 137 Å². The smallest absolute Gasteiger partial charge is 0.171 e. The number of benzene rings is 2. The molecule has 1 fully saturated rings. The molecule has 1 saturated carbocycles. The van der Waals surface area contributed by atoms with Crippen LogP contribution in [0.2, 0.25) is 0 Å². The minimum atomic E-state index is -0.0294. The lowest BCUT2D eigenvalue weighted by molar-refractivity contribution is 0.271. The van der Waals surface area contributed by atoms with Gasteiger partial charge in [0.05, 0.1) is 5.54 Å². The zero-order valence-electron chi connectivity index (χ0n) is 12.7. The van der Waals surface area contributed by atoms with Crippen molar-refractivity contribution in [1.29, 1.82) is 0 Å². The maximum absolute atomic E-state index is 5.57. The average Bonchev–Trinajstić information content (AvgIpc) is 2.57. The fraction of sp³-hybridized carbons (Fsp3) is 0.316. The van der Waals surface area contributed by atoms with E-state index in [0.29, 0.717) is 5.11 Å². The fourth-order valence-corrected chi connectivity index (χ4v) is 3.61. The molecule has 1 aliphatic carbocycles. The van der Waals surface area contributed by atoms with Crippen molar-refractivity contribution in [2.45, 2.75) is 37.6 Å². The van der Waals surface area contributed by atoms with E-state index >= 15 is 0 Å². The topological polar surface area (TPSA) is 24.1 Å². The first-order chi connectivity index (χ1) is 10.8. The summed E-state index contributed by atoms with van der Waals surface area (Å²) in [5.74, 6) is 0. The zero-order chi connectivity index (χ0) is 15.3. The number of anilines is 1. The first-order valence-electron chi connectivity index (χ1n) is 7.98. The summed E-state index contributed by atoms with van der Waals surface area (Å²) in [6, 6.07) is 20.8. The third-order valence-electron chi connectivity index (χ3n) is 4.42. The number of hydrogen-bond donors (Lipinski definition) is 2. The SMILES string of the molecule is S=C(Nc1ccccc1)NC1(c2ccccc2)CCCCC1. The molecule has 0 amide bonds. The first-order valence-corrected chi connectivity index (χ1v) is 8.39. The Morgan fingerprint density at radius 1 is 0.818 bits per heavy atom. The molecule has 0 saturated heterocycles. The molecule has 22 heavy (non-hydrogen) atoms. The summed E-state index contributed by atoms with van der Waals surface area (Å²) < 4.78 is 0. The van der Waals surface area contributed by atoms with E-state index in [1.54, 1.807) is 0 Å².